The lowest BCUT2D eigenvalue weighted by molar-refractivity contribution is -0.0704. The zero-order valence-electron chi connectivity index (χ0n) is 15.3. The van der Waals surface area contributed by atoms with Crippen LogP contribution < -0.4 is 0 Å². The van der Waals surface area contributed by atoms with Crippen LogP contribution in [-0.2, 0) is 14.2 Å². The Hall–Kier alpha value is -2.43. The van der Waals surface area contributed by atoms with Gasteiger partial charge in [-0.2, -0.15) is 0 Å². The van der Waals surface area contributed by atoms with Gasteiger partial charge in [0.2, 0.25) is 0 Å². The second kappa shape index (κ2) is 8.51. The molecule has 27 heavy (non-hydrogen) atoms. The smallest absolute Gasteiger partial charge is 0.338 e. The van der Waals surface area contributed by atoms with Crippen LogP contribution >= 0.6 is 0 Å². The summed E-state index contributed by atoms with van der Waals surface area (Å²) >= 11 is 0. The lowest BCUT2D eigenvalue weighted by Crippen LogP contribution is -2.09. The van der Waals surface area contributed by atoms with E-state index in [1.165, 1.54) is 0 Å². The molecular weight excluding hydrogens is 340 g/mol. The molecule has 5 rings (SSSR count). The highest BCUT2D eigenvalue weighted by Crippen LogP contribution is 2.43. The molecule has 0 radical (unpaired) electrons. The lowest BCUT2D eigenvalue weighted by Gasteiger charge is -2.17. The second-order valence-electron chi connectivity index (χ2n) is 6.90. The molecule has 0 saturated carbocycles. The van der Waals surface area contributed by atoms with E-state index in [4.69, 9.17) is 14.2 Å². The van der Waals surface area contributed by atoms with E-state index in [2.05, 4.69) is 24.3 Å². The van der Waals surface area contributed by atoms with Gasteiger partial charge in [0.15, 0.2) is 6.29 Å². The Morgan fingerprint density at radius 3 is 2.19 bits per heavy atom. The van der Waals surface area contributed by atoms with Crippen LogP contribution in [0.2, 0.25) is 0 Å². The molecule has 0 aliphatic carbocycles. The average molecular weight is 364 g/mol. The predicted octanol–water partition coefficient (Wildman–Crippen LogP) is 5.13. The third kappa shape index (κ3) is 4.29. The first-order valence-electron chi connectivity index (χ1n) is 9.59. The van der Waals surface area contributed by atoms with Crippen LogP contribution in [0.1, 0.15) is 59.4 Å². The third-order valence-corrected chi connectivity index (χ3v) is 4.96. The molecule has 0 aromatic heterocycles. The van der Waals surface area contributed by atoms with Crippen LogP contribution in [0.4, 0.5) is 0 Å². The van der Waals surface area contributed by atoms with Crippen molar-refractivity contribution in [3.63, 3.8) is 0 Å². The summed E-state index contributed by atoms with van der Waals surface area (Å²) < 4.78 is 17.9. The minimum atomic E-state index is -0.279. The Morgan fingerprint density at radius 2 is 1.44 bits per heavy atom. The van der Waals surface area contributed by atoms with E-state index in [1.807, 2.05) is 42.5 Å². The molecule has 0 unspecified atom stereocenters. The van der Waals surface area contributed by atoms with E-state index in [0.29, 0.717) is 12.2 Å². The molecule has 0 spiro atoms. The molecule has 0 amide bonds. The second-order valence-corrected chi connectivity index (χ2v) is 6.90. The van der Waals surface area contributed by atoms with Crippen LogP contribution in [0.3, 0.4) is 0 Å². The van der Waals surface area contributed by atoms with Gasteiger partial charge >= 0.3 is 5.97 Å². The van der Waals surface area contributed by atoms with Gasteiger partial charge in [0, 0.05) is 6.42 Å². The van der Waals surface area contributed by atoms with Gasteiger partial charge in [0.1, 0.15) is 12.2 Å². The standard InChI is InChI=1S/C23H24O4/c24-23-19-14-12-18(13-15-19)22-21(17-9-5-4-6-10-17)26-20(27-22)11-7-2-1-3-8-16-25-23/h1-2,4-6,9-10,12-15,20-22H,3,7-8,11,16H2/b2-1-/t20-,21-,22-/m0/s1. The number of hydrogen-bond acceptors (Lipinski definition) is 4. The molecule has 1 saturated heterocycles. The number of hydrogen-bond donors (Lipinski definition) is 0. The van der Waals surface area contributed by atoms with E-state index < -0.39 is 0 Å². The lowest BCUT2D eigenvalue weighted by atomic mass is 9.97. The summed E-state index contributed by atoms with van der Waals surface area (Å²) in [7, 11) is 0. The van der Waals surface area contributed by atoms with Crippen LogP contribution in [0.5, 0.6) is 0 Å². The highest BCUT2D eigenvalue weighted by atomic mass is 16.7. The van der Waals surface area contributed by atoms with Crippen LogP contribution in [0, 0.1) is 0 Å². The predicted molar refractivity (Wildman–Crippen MR) is 102 cm³/mol. The highest BCUT2D eigenvalue weighted by Gasteiger charge is 2.37. The Labute approximate surface area is 159 Å². The maximum absolute atomic E-state index is 12.2. The van der Waals surface area contributed by atoms with Crippen molar-refractivity contribution in [2.24, 2.45) is 0 Å². The minimum Gasteiger partial charge on any atom is -0.462 e. The topological polar surface area (TPSA) is 44.8 Å². The number of benzene rings is 2. The Balaban J connectivity index is 1.63. The molecule has 0 N–H and O–H groups in total. The van der Waals surface area contributed by atoms with Gasteiger partial charge in [0.05, 0.1) is 12.2 Å². The van der Waals surface area contributed by atoms with Crippen molar-refractivity contribution in [3.05, 3.63) is 83.4 Å². The van der Waals surface area contributed by atoms with Gasteiger partial charge in [-0.15, -0.1) is 0 Å². The average Bonchev–Trinajstić information content (AvgIpc) is 3.14. The first-order chi connectivity index (χ1) is 13.3. The van der Waals surface area contributed by atoms with E-state index in [1.54, 1.807) is 0 Å². The zero-order valence-corrected chi connectivity index (χ0v) is 15.3. The number of ether oxygens (including phenoxy) is 3. The summed E-state index contributed by atoms with van der Waals surface area (Å²) in [5, 5.41) is 0. The fourth-order valence-corrected chi connectivity index (χ4v) is 3.51. The van der Waals surface area contributed by atoms with Crippen LogP contribution in [-0.4, -0.2) is 18.9 Å². The summed E-state index contributed by atoms with van der Waals surface area (Å²) in [6.45, 7) is 0.443. The molecule has 3 aliphatic rings. The first kappa shape index (κ1) is 18.0. The van der Waals surface area contributed by atoms with Crippen molar-refractivity contribution in [3.8, 4) is 0 Å². The molecule has 1 fully saturated rings. The van der Waals surface area contributed by atoms with E-state index in [-0.39, 0.29) is 24.5 Å². The molecule has 3 heterocycles. The van der Waals surface area contributed by atoms with Gasteiger partial charge in [-0.1, -0.05) is 54.6 Å². The summed E-state index contributed by atoms with van der Waals surface area (Å²) in [4.78, 5) is 12.2. The molecule has 4 nitrogen and oxygen atoms in total. The molecule has 140 valence electrons. The van der Waals surface area contributed by atoms with Gasteiger partial charge in [-0.05, 0) is 42.5 Å². The fraction of sp³-hybridized carbons (Fsp3) is 0.348. The van der Waals surface area contributed by atoms with Gasteiger partial charge < -0.3 is 14.2 Å². The largest absolute Gasteiger partial charge is 0.462 e. The Bertz CT molecular complexity index is 782. The van der Waals surface area contributed by atoms with Crippen molar-refractivity contribution in [2.45, 2.75) is 44.2 Å². The zero-order chi connectivity index (χ0) is 18.5. The summed E-state index contributed by atoms with van der Waals surface area (Å²) in [5.74, 6) is -0.279. The number of allylic oxidation sites excluding steroid dienone is 2. The van der Waals surface area contributed by atoms with Gasteiger partial charge in [-0.3, -0.25) is 0 Å². The van der Waals surface area contributed by atoms with E-state index in [0.717, 1.165) is 36.8 Å². The SMILES string of the molecule is O=C1OCCC/C=C\CC[C@H]2O[C@@H](c3ccccc3)[C@@H](O2)c2ccc1cc2. The molecule has 4 heteroatoms. The van der Waals surface area contributed by atoms with Gasteiger partial charge in [0.25, 0.3) is 0 Å². The van der Waals surface area contributed by atoms with Crippen molar-refractivity contribution >= 4 is 5.97 Å². The molecule has 2 aromatic carbocycles. The van der Waals surface area contributed by atoms with Crippen LogP contribution in [0.15, 0.2) is 66.7 Å². The Kier molecular flexibility index (Phi) is 5.66. The number of rotatable bonds is 1. The summed E-state index contributed by atoms with van der Waals surface area (Å²) in [6.07, 6.45) is 7.15. The first-order valence-corrected chi connectivity index (χ1v) is 9.59. The molecule has 3 atom stereocenters. The maximum atomic E-state index is 12.2. The number of fused-ring (bicyclic) bond motifs is 9. The molecule has 2 aromatic rings. The summed E-state index contributed by atoms with van der Waals surface area (Å²) in [5.41, 5.74) is 2.67. The minimum absolute atomic E-state index is 0.159. The monoisotopic (exact) mass is 364 g/mol. The number of carbonyl (C=O) groups is 1. The van der Waals surface area contributed by atoms with E-state index in [9.17, 15) is 4.79 Å². The number of carbonyl (C=O) groups excluding carboxylic acids is 1. The molecular formula is C23H24O4. The quantitative estimate of drug-likeness (QED) is 0.520. The van der Waals surface area contributed by atoms with Crippen LogP contribution in [0.25, 0.3) is 0 Å². The third-order valence-electron chi connectivity index (χ3n) is 4.96. The van der Waals surface area contributed by atoms with Crippen molar-refractivity contribution in [1.82, 2.24) is 0 Å². The highest BCUT2D eigenvalue weighted by molar-refractivity contribution is 5.89. The van der Waals surface area contributed by atoms with Crippen molar-refractivity contribution in [2.75, 3.05) is 6.61 Å². The van der Waals surface area contributed by atoms with Crippen molar-refractivity contribution in [1.29, 1.82) is 0 Å². The molecule has 3 aliphatic heterocycles. The number of esters is 1. The fourth-order valence-electron chi connectivity index (χ4n) is 3.51. The van der Waals surface area contributed by atoms with E-state index >= 15 is 0 Å². The Morgan fingerprint density at radius 1 is 0.778 bits per heavy atom. The van der Waals surface area contributed by atoms with Crippen molar-refractivity contribution < 1.29 is 19.0 Å². The van der Waals surface area contributed by atoms with Gasteiger partial charge in [-0.25, -0.2) is 4.79 Å². The summed E-state index contributed by atoms with van der Waals surface area (Å²) in [6, 6.07) is 17.7. The molecule has 4 bridgehead atoms. The normalized spacial score (nSPS) is 27.3. The maximum Gasteiger partial charge on any atom is 0.338 e.